The summed E-state index contributed by atoms with van der Waals surface area (Å²) in [6, 6.07) is 1.85. The molecule has 13 heavy (non-hydrogen) atoms. The van der Waals surface area contributed by atoms with E-state index in [1.54, 1.807) is 6.20 Å². The Morgan fingerprint density at radius 2 is 2.15 bits per heavy atom. The molecular weight excluding hydrogens is 164 g/mol. The van der Waals surface area contributed by atoms with Crippen LogP contribution in [0.1, 0.15) is 11.3 Å². The number of hydrogen-bond donors (Lipinski definition) is 1. The van der Waals surface area contributed by atoms with E-state index in [-0.39, 0.29) is 0 Å². The highest BCUT2D eigenvalue weighted by molar-refractivity contribution is 5.58. The normalized spacial score (nSPS) is 10.3. The van der Waals surface area contributed by atoms with Crippen LogP contribution in [-0.2, 0) is 0 Å². The maximum absolute atomic E-state index is 4.17. The molecule has 4 heteroatoms. The molecule has 0 bridgehead atoms. The van der Waals surface area contributed by atoms with Crippen LogP contribution < -0.4 is 0 Å². The van der Waals surface area contributed by atoms with Crippen molar-refractivity contribution in [1.82, 2.24) is 20.2 Å². The number of nitrogens with zero attached hydrogens (tertiary/aromatic N) is 3. The smallest absolute Gasteiger partial charge is 0.116 e. The largest absolute Gasteiger partial charge is 0.282 e. The van der Waals surface area contributed by atoms with Gasteiger partial charge in [0.25, 0.3) is 0 Å². The van der Waals surface area contributed by atoms with Gasteiger partial charge in [0.2, 0.25) is 0 Å². The fourth-order valence-corrected chi connectivity index (χ4v) is 1.17. The zero-order valence-electron chi connectivity index (χ0n) is 7.57. The van der Waals surface area contributed by atoms with E-state index in [0.29, 0.717) is 0 Å². The topological polar surface area (TPSA) is 54.5 Å². The third kappa shape index (κ3) is 1.30. The van der Waals surface area contributed by atoms with E-state index in [1.807, 2.05) is 19.9 Å². The fraction of sp³-hybridized carbons (Fsp3) is 0.222. The molecule has 2 aromatic heterocycles. The molecule has 66 valence electrons. The second-order valence-corrected chi connectivity index (χ2v) is 2.92. The van der Waals surface area contributed by atoms with E-state index in [9.17, 15) is 0 Å². The number of aromatic amines is 1. The maximum atomic E-state index is 4.17. The van der Waals surface area contributed by atoms with Crippen LogP contribution in [-0.4, -0.2) is 20.2 Å². The number of rotatable bonds is 1. The summed E-state index contributed by atoms with van der Waals surface area (Å²) in [6.45, 7) is 4.02. The zero-order valence-corrected chi connectivity index (χ0v) is 7.57. The van der Waals surface area contributed by atoms with Crippen molar-refractivity contribution in [3.63, 3.8) is 0 Å². The third-order valence-electron chi connectivity index (χ3n) is 2.08. The average molecular weight is 174 g/mol. The molecule has 4 nitrogen and oxygen atoms in total. The van der Waals surface area contributed by atoms with Crippen LogP contribution in [0.25, 0.3) is 11.4 Å². The number of aryl methyl sites for hydroxylation is 1. The lowest BCUT2D eigenvalue weighted by Crippen LogP contribution is -1.86. The highest BCUT2D eigenvalue weighted by atomic mass is 15.1. The SMILES string of the molecule is Cc1[nH]nc(-c2ccncn2)c1C. The lowest BCUT2D eigenvalue weighted by Gasteiger charge is -1.95. The summed E-state index contributed by atoms with van der Waals surface area (Å²) < 4.78 is 0. The Labute approximate surface area is 76.1 Å². The summed E-state index contributed by atoms with van der Waals surface area (Å²) in [5.41, 5.74) is 3.98. The summed E-state index contributed by atoms with van der Waals surface area (Å²) in [4.78, 5) is 7.99. The van der Waals surface area contributed by atoms with Crippen molar-refractivity contribution in [3.05, 3.63) is 29.8 Å². The Morgan fingerprint density at radius 3 is 2.69 bits per heavy atom. The molecule has 0 radical (unpaired) electrons. The quantitative estimate of drug-likeness (QED) is 0.712. The first kappa shape index (κ1) is 7.91. The van der Waals surface area contributed by atoms with Gasteiger partial charge in [0.15, 0.2) is 0 Å². The van der Waals surface area contributed by atoms with Gasteiger partial charge >= 0.3 is 0 Å². The van der Waals surface area contributed by atoms with Crippen molar-refractivity contribution in [1.29, 1.82) is 0 Å². The van der Waals surface area contributed by atoms with Gasteiger partial charge in [-0.05, 0) is 25.5 Å². The molecule has 0 aromatic carbocycles. The van der Waals surface area contributed by atoms with Gasteiger partial charge in [0, 0.05) is 11.9 Å². The van der Waals surface area contributed by atoms with Crippen LogP contribution in [0.3, 0.4) is 0 Å². The molecule has 2 aromatic rings. The highest BCUT2D eigenvalue weighted by Gasteiger charge is 2.07. The van der Waals surface area contributed by atoms with Gasteiger partial charge in [0.05, 0.1) is 5.69 Å². The Morgan fingerprint density at radius 1 is 1.31 bits per heavy atom. The molecule has 0 aliphatic carbocycles. The molecule has 0 atom stereocenters. The Kier molecular flexibility index (Phi) is 1.81. The minimum Gasteiger partial charge on any atom is -0.282 e. The van der Waals surface area contributed by atoms with Crippen LogP contribution in [0, 0.1) is 13.8 Å². The molecule has 0 unspecified atom stereocenters. The third-order valence-corrected chi connectivity index (χ3v) is 2.08. The van der Waals surface area contributed by atoms with Gasteiger partial charge in [-0.15, -0.1) is 0 Å². The van der Waals surface area contributed by atoms with E-state index in [1.165, 1.54) is 6.33 Å². The monoisotopic (exact) mass is 174 g/mol. The molecule has 1 N–H and O–H groups in total. The van der Waals surface area contributed by atoms with Crippen molar-refractivity contribution in [3.8, 4) is 11.4 Å². The second kappa shape index (κ2) is 2.97. The van der Waals surface area contributed by atoms with Crippen molar-refractivity contribution >= 4 is 0 Å². The average Bonchev–Trinajstić information content (AvgIpc) is 2.49. The van der Waals surface area contributed by atoms with E-state index in [0.717, 1.165) is 22.6 Å². The molecule has 0 spiro atoms. The van der Waals surface area contributed by atoms with Gasteiger partial charge in [-0.3, -0.25) is 5.10 Å². The first-order valence-corrected chi connectivity index (χ1v) is 4.07. The predicted octanol–water partition coefficient (Wildman–Crippen LogP) is 1.48. The van der Waals surface area contributed by atoms with Crippen LogP contribution in [0.2, 0.25) is 0 Å². The van der Waals surface area contributed by atoms with Gasteiger partial charge in [-0.25, -0.2) is 9.97 Å². The summed E-state index contributed by atoms with van der Waals surface area (Å²) in [7, 11) is 0. The minimum atomic E-state index is 0.858. The van der Waals surface area contributed by atoms with E-state index < -0.39 is 0 Å². The summed E-state index contributed by atoms with van der Waals surface area (Å²) >= 11 is 0. The van der Waals surface area contributed by atoms with E-state index in [2.05, 4.69) is 20.2 Å². The highest BCUT2D eigenvalue weighted by Crippen LogP contribution is 2.19. The van der Waals surface area contributed by atoms with Crippen LogP contribution >= 0.6 is 0 Å². The molecule has 0 saturated carbocycles. The van der Waals surface area contributed by atoms with Crippen molar-refractivity contribution in [2.24, 2.45) is 0 Å². The zero-order chi connectivity index (χ0) is 9.26. The molecule has 0 fully saturated rings. The van der Waals surface area contributed by atoms with E-state index >= 15 is 0 Å². The molecule has 0 aliphatic heterocycles. The lowest BCUT2D eigenvalue weighted by atomic mass is 10.2. The molecular formula is C9H10N4. The van der Waals surface area contributed by atoms with Crippen molar-refractivity contribution < 1.29 is 0 Å². The Hall–Kier alpha value is -1.71. The molecule has 2 rings (SSSR count). The molecule has 2 heterocycles. The van der Waals surface area contributed by atoms with Gasteiger partial charge < -0.3 is 0 Å². The maximum Gasteiger partial charge on any atom is 0.116 e. The number of aromatic nitrogens is 4. The number of hydrogen-bond acceptors (Lipinski definition) is 3. The standard InChI is InChI=1S/C9H10N4/c1-6-7(2)12-13-9(6)8-3-4-10-5-11-8/h3-5H,1-2H3,(H,12,13). The molecule has 0 saturated heterocycles. The summed E-state index contributed by atoms with van der Waals surface area (Å²) in [6.07, 6.45) is 3.24. The van der Waals surface area contributed by atoms with E-state index in [4.69, 9.17) is 0 Å². The van der Waals surface area contributed by atoms with Gasteiger partial charge in [-0.2, -0.15) is 5.10 Å². The van der Waals surface area contributed by atoms with Crippen LogP contribution in [0.5, 0.6) is 0 Å². The van der Waals surface area contributed by atoms with Crippen molar-refractivity contribution in [2.75, 3.05) is 0 Å². The number of nitrogens with one attached hydrogen (secondary N) is 1. The Balaban J connectivity index is 2.53. The van der Waals surface area contributed by atoms with Crippen molar-refractivity contribution in [2.45, 2.75) is 13.8 Å². The predicted molar refractivity (Wildman–Crippen MR) is 49.1 cm³/mol. The number of H-pyrrole nitrogens is 1. The fourth-order valence-electron chi connectivity index (χ4n) is 1.17. The van der Waals surface area contributed by atoms with Gasteiger partial charge in [0.1, 0.15) is 12.0 Å². The summed E-state index contributed by atoms with van der Waals surface area (Å²) in [5.74, 6) is 0. The molecule has 0 amide bonds. The van der Waals surface area contributed by atoms with Gasteiger partial charge in [-0.1, -0.05) is 0 Å². The lowest BCUT2D eigenvalue weighted by molar-refractivity contribution is 1.04. The first-order chi connectivity index (χ1) is 6.29. The van der Waals surface area contributed by atoms with Crippen LogP contribution in [0.15, 0.2) is 18.6 Å². The first-order valence-electron chi connectivity index (χ1n) is 4.07. The second-order valence-electron chi connectivity index (χ2n) is 2.92. The Bertz CT molecular complexity index is 405. The summed E-state index contributed by atoms with van der Waals surface area (Å²) in [5, 5.41) is 7.10. The molecule has 0 aliphatic rings. The van der Waals surface area contributed by atoms with Crippen LogP contribution in [0.4, 0.5) is 0 Å². The minimum absolute atomic E-state index is 0.858.